The molecule has 0 fully saturated rings. The number of carbonyl (C=O) groups is 2. The number of carbonyl (C=O) groups excluding carboxylic acids is 1. The molecule has 0 aliphatic heterocycles. The second kappa shape index (κ2) is 7.20. The van der Waals surface area contributed by atoms with Gasteiger partial charge in [0.1, 0.15) is 17.6 Å². The van der Waals surface area contributed by atoms with Crippen LogP contribution < -0.4 is 5.73 Å². The zero-order valence-corrected chi connectivity index (χ0v) is 11.8. The lowest BCUT2D eigenvalue weighted by Gasteiger charge is -2.15. The molecule has 0 saturated heterocycles. The molecule has 0 aliphatic rings. The van der Waals surface area contributed by atoms with Crippen molar-refractivity contribution in [3.8, 4) is 0 Å². The van der Waals surface area contributed by atoms with Gasteiger partial charge in [-0.3, -0.25) is 9.59 Å². The predicted molar refractivity (Wildman–Crippen MR) is 72.9 cm³/mol. The largest absolute Gasteiger partial charge is 0.480 e. The number of hydrogen-bond acceptors (Lipinski definition) is 5. The summed E-state index contributed by atoms with van der Waals surface area (Å²) < 4.78 is 5.38. The van der Waals surface area contributed by atoms with Gasteiger partial charge >= 0.3 is 5.97 Å². The van der Waals surface area contributed by atoms with E-state index >= 15 is 0 Å². The smallest absolute Gasteiger partial charge is 0.321 e. The highest BCUT2D eigenvalue weighted by atomic mass is 32.2. The number of carboxylic acid groups (broad SMARTS) is 1. The molecule has 0 radical (unpaired) electrons. The molecule has 1 heterocycles. The Morgan fingerprint density at radius 3 is 2.74 bits per heavy atom. The van der Waals surface area contributed by atoms with Crippen LogP contribution in [-0.4, -0.2) is 46.5 Å². The normalized spacial score (nSPS) is 12.2. The molecular weight excluding hydrogens is 268 g/mol. The van der Waals surface area contributed by atoms with E-state index in [2.05, 4.69) is 0 Å². The Bertz CT molecular complexity index is 447. The maximum atomic E-state index is 11.8. The first-order chi connectivity index (χ1) is 8.90. The van der Waals surface area contributed by atoms with Gasteiger partial charge in [-0.2, -0.15) is 0 Å². The first-order valence-corrected chi connectivity index (χ1v) is 6.91. The average Bonchev–Trinajstić information content (AvgIpc) is 2.74. The van der Waals surface area contributed by atoms with Crippen LogP contribution >= 0.6 is 11.8 Å². The van der Waals surface area contributed by atoms with E-state index in [4.69, 9.17) is 15.3 Å². The lowest BCUT2D eigenvalue weighted by molar-refractivity contribution is -0.138. The maximum Gasteiger partial charge on any atom is 0.321 e. The number of nitrogens with zero attached hydrogens (tertiary/aromatic N) is 1. The van der Waals surface area contributed by atoms with Gasteiger partial charge in [0.15, 0.2) is 0 Å². The Labute approximate surface area is 115 Å². The van der Waals surface area contributed by atoms with Crippen LogP contribution in [0.1, 0.15) is 11.5 Å². The lowest BCUT2D eigenvalue weighted by Crippen LogP contribution is -2.34. The molecule has 1 amide bonds. The maximum absolute atomic E-state index is 11.8. The summed E-state index contributed by atoms with van der Waals surface area (Å²) in [4.78, 5) is 23.8. The molecule has 0 aromatic carbocycles. The van der Waals surface area contributed by atoms with E-state index in [9.17, 15) is 9.59 Å². The van der Waals surface area contributed by atoms with Crippen molar-refractivity contribution in [3.63, 3.8) is 0 Å². The average molecular weight is 286 g/mol. The van der Waals surface area contributed by atoms with E-state index in [1.807, 2.05) is 19.1 Å². The molecule has 0 bridgehead atoms. The van der Waals surface area contributed by atoms with E-state index in [0.717, 1.165) is 11.5 Å². The second-order valence-corrected chi connectivity index (χ2v) is 5.25. The molecule has 1 atom stereocenters. The number of furan rings is 1. The van der Waals surface area contributed by atoms with Crippen LogP contribution in [0.2, 0.25) is 0 Å². The molecule has 0 aliphatic carbocycles. The van der Waals surface area contributed by atoms with Crippen molar-refractivity contribution in [2.75, 3.05) is 18.6 Å². The van der Waals surface area contributed by atoms with Gasteiger partial charge in [-0.15, -0.1) is 11.8 Å². The van der Waals surface area contributed by atoms with Crippen molar-refractivity contribution >= 4 is 23.6 Å². The highest BCUT2D eigenvalue weighted by Crippen LogP contribution is 2.10. The zero-order chi connectivity index (χ0) is 14.4. The number of thioether (sulfide) groups is 1. The molecule has 1 aromatic heterocycles. The van der Waals surface area contributed by atoms with Crippen molar-refractivity contribution in [3.05, 3.63) is 23.7 Å². The molecule has 6 nitrogen and oxygen atoms in total. The summed E-state index contributed by atoms with van der Waals surface area (Å²) in [7, 11) is 1.68. The third kappa shape index (κ3) is 5.35. The van der Waals surface area contributed by atoms with Crippen molar-refractivity contribution in [2.24, 2.45) is 5.73 Å². The van der Waals surface area contributed by atoms with E-state index in [0.29, 0.717) is 6.54 Å². The van der Waals surface area contributed by atoms with Crippen molar-refractivity contribution in [2.45, 2.75) is 19.5 Å². The Hall–Kier alpha value is -1.47. The van der Waals surface area contributed by atoms with Gasteiger partial charge in [0.05, 0.1) is 12.3 Å². The van der Waals surface area contributed by atoms with Gasteiger partial charge in [0.2, 0.25) is 5.91 Å². The minimum atomic E-state index is -1.06. The van der Waals surface area contributed by atoms with Gasteiger partial charge in [0, 0.05) is 12.8 Å². The number of carboxylic acids is 1. The fraction of sp³-hybridized carbons (Fsp3) is 0.500. The summed E-state index contributed by atoms with van der Waals surface area (Å²) in [6.07, 6.45) is 0. The van der Waals surface area contributed by atoms with Gasteiger partial charge in [-0.05, 0) is 19.1 Å². The van der Waals surface area contributed by atoms with Gasteiger partial charge in [-0.1, -0.05) is 0 Å². The molecule has 0 spiro atoms. The van der Waals surface area contributed by atoms with Crippen LogP contribution in [0.15, 0.2) is 16.5 Å². The summed E-state index contributed by atoms with van der Waals surface area (Å²) in [5.74, 6) is 0.806. The van der Waals surface area contributed by atoms with Crippen LogP contribution in [0.3, 0.4) is 0 Å². The molecule has 106 valence electrons. The Balaban J connectivity index is 2.31. The second-order valence-electron chi connectivity index (χ2n) is 4.22. The Kier molecular flexibility index (Phi) is 5.91. The number of hydrogen-bond donors (Lipinski definition) is 2. The quantitative estimate of drug-likeness (QED) is 0.765. The van der Waals surface area contributed by atoms with Crippen LogP contribution in [0.5, 0.6) is 0 Å². The SMILES string of the molecule is Cc1ccc(CN(C)C(=O)CSC[C@@H](N)C(=O)O)o1. The first-order valence-electron chi connectivity index (χ1n) is 5.75. The molecular formula is C12H18N2O4S. The van der Waals surface area contributed by atoms with E-state index in [1.54, 1.807) is 7.05 Å². The summed E-state index contributed by atoms with van der Waals surface area (Å²) in [5.41, 5.74) is 5.34. The Morgan fingerprint density at radius 1 is 1.53 bits per heavy atom. The summed E-state index contributed by atoms with van der Waals surface area (Å²) >= 11 is 1.21. The molecule has 0 saturated carbocycles. The lowest BCUT2D eigenvalue weighted by atomic mass is 10.4. The highest BCUT2D eigenvalue weighted by Gasteiger charge is 2.15. The molecule has 0 unspecified atom stereocenters. The molecule has 19 heavy (non-hydrogen) atoms. The third-order valence-electron chi connectivity index (χ3n) is 2.45. The third-order valence-corrected chi connectivity index (χ3v) is 3.50. The number of nitrogens with two attached hydrogens (primary N) is 1. The number of aryl methyl sites for hydroxylation is 1. The summed E-state index contributed by atoms with van der Waals surface area (Å²) in [6.45, 7) is 2.24. The summed E-state index contributed by atoms with van der Waals surface area (Å²) in [6, 6.07) is 2.73. The predicted octanol–water partition coefficient (Wildman–Crippen LogP) is 0.692. The minimum Gasteiger partial charge on any atom is -0.480 e. The van der Waals surface area contributed by atoms with E-state index < -0.39 is 12.0 Å². The first kappa shape index (κ1) is 15.6. The molecule has 7 heteroatoms. The number of rotatable bonds is 7. The van der Waals surface area contributed by atoms with Gasteiger partial charge in [-0.25, -0.2) is 0 Å². The fourth-order valence-electron chi connectivity index (χ4n) is 1.35. The monoisotopic (exact) mass is 286 g/mol. The van der Waals surface area contributed by atoms with E-state index in [-0.39, 0.29) is 17.4 Å². The van der Waals surface area contributed by atoms with Crippen LogP contribution in [0.25, 0.3) is 0 Å². The standard InChI is InChI=1S/C12H18N2O4S/c1-8-3-4-9(18-8)5-14(2)11(15)7-19-6-10(13)12(16)17/h3-4,10H,5-7,13H2,1-2H3,(H,16,17)/t10-/m1/s1. The van der Waals surface area contributed by atoms with Crippen LogP contribution in [0, 0.1) is 6.92 Å². The molecule has 1 aromatic rings. The zero-order valence-electron chi connectivity index (χ0n) is 11.0. The fourth-order valence-corrected chi connectivity index (χ4v) is 2.26. The number of aliphatic carboxylic acids is 1. The Morgan fingerprint density at radius 2 is 2.21 bits per heavy atom. The van der Waals surface area contributed by atoms with Crippen molar-refractivity contribution < 1.29 is 19.1 Å². The van der Waals surface area contributed by atoms with E-state index in [1.165, 1.54) is 16.7 Å². The van der Waals surface area contributed by atoms with Gasteiger partial charge in [0.25, 0.3) is 0 Å². The molecule has 3 N–H and O–H groups in total. The molecule has 1 rings (SSSR count). The highest BCUT2D eigenvalue weighted by molar-refractivity contribution is 8.00. The summed E-state index contributed by atoms with van der Waals surface area (Å²) in [5, 5.41) is 8.61. The van der Waals surface area contributed by atoms with Gasteiger partial charge < -0.3 is 20.2 Å². The van der Waals surface area contributed by atoms with Crippen LogP contribution in [-0.2, 0) is 16.1 Å². The van der Waals surface area contributed by atoms with Crippen molar-refractivity contribution in [1.82, 2.24) is 4.90 Å². The minimum absolute atomic E-state index is 0.0864. The number of amides is 1. The van der Waals surface area contributed by atoms with Crippen LogP contribution in [0.4, 0.5) is 0 Å². The van der Waals surface area contributed by atoms with Crippen molar-refractivity contribution in [1.29, 1.82) is 0 Å². The topological polar surface area (TPSA) is 96.8 Å².